The van der Waals surface area contributed by atoms with E-state index in [0.717, 1.165) is 42.5 Å². The van der Waals surface area contributed by atoms with E-state index in [9.17, 15) is 4.79 Å². The van der Waals surface area contributed by atoms with Crippen molar-refractivity contribution in [3.8, 4) is 0 Å². The Hall–Kier alpha value is -1.96. The molecular formula is C16H19N3O3S. The summed E-state index contributed by atoms with van der Waals surface area (Å²) >= 11 is 1.58. The van der Waals surface area contributed by atoms with Gasteiger partial charge < -0.3 is 9.15 Å². The molecule has 0 aromatic carbocycles. The van der Waals surface area contributed by atoms with Crippen LogP contribution < -0.4 is 5.43 Å². The lowest BCUT2D eigenvalue weighted by molar-refractivity contribution is 0.0311. The zero-order valence-electron chi connectivity index (χ0n) is 12.9. The molecule has 6 nitrogen and oxygen atoms in total. The molecule has 7 heteroatoms. The summed E-state index contributed by atoms with van der Waals surface area (Å²) < 4.78 is 10.9. The molecule has 1 N–H and O–H groups in total. The Kier molecular flexibility index (Phi) is 5.22. The van der Waals surface area contributed by atoms with Crippen LogP contribution in [0.15, 0.2) is 33.1 Å². The molecule has 122 valence electrons. The number of nitrogens with one attached hydrogen (secondary N) is 1. The number of amides is 1. The highest BCUT2D eigenvalue weighted by Crippen LogP contribution is 2.13. The van der Waals surface area contributed by atoms with Crippen molar-refractivity contribution in [1.29, 1.82) is 0 Å². The number of hydrazone groups is 1. The van der Waals surface area contributed by atoms with E-state index >= 15 is 0 Å². The number of furan rings is 1. The van der Waals surface area contributed by atoms with E-state index in [1.165, 1.54) is 0 Å². The smallest absolute Gasteiger partial charge is 0.307 e. The lowest BCUT2D eigenvalue weighted by Gasteiger charge is -2.25. The molecule has 1 aliphatic rings. The zero-order chi connectivity index (χ0) is 16.1. The standard InChI is InChI=1S/C16H19N3O3S/c1-12-4-9-23-15(12)10-17-18-16(20)14-3-2-13(22-14)11-19-5-7-21-8-6-19/h2-4,9-10H,5-8,11H2,1H3,(H,18,20)/b17-10+. The first-order chi connectivity index (χ1) is 11.2. The fourth-order valence-electron chi connectivity index (χ4n) is 2.29. The molecule has 0 aliphatic carbocycles. The average molecular weight is 333 g/mol. The molecule has 0 atom stereocenters. The van der Waals surface area contributed by atoms with E-state index in [1.807, 2.05) is 24.4 Å². The van der Waals surface area contributed by atoms with E-state index in [1.54, 1.807) is 23.6 Å². The number of thiophene rings is 1. The maximum Gasteiger partial charge on any atom is 0.307 e. The Morgan fingerprint density at radius 2 is 2.22 bits per heavy atom. The molecule has 2 aromatic heterocycles. The third-order valence-electron chi connectivity index (χ3n) is 3.62. The van der Waals surface area contributed by atoms with Crippen LogP contribution in [-0.4, -0.2) is 43.3 Å². The van der Waals surface area contributed by atoms with Gasteiger partial charge in [0.2, 0.25) is 0 Å². The Morgan fingerprint density at radius 1 is 1.39 bits per heavy atom. The molecule has 2 aromatic rings. The lowest BCUT2D eigenvalue weighted by atomic mass is 10.3. The topological polar surface area (TPSA) is 67.1 Å². The van der Waals surface area contributed by atoms with Gasteiger partial charge in [-0.1, -0.05) is 0 Å². The first-order valence-electron chi connectivity index (χ1n) is 7.48. The summed E-state index contributed by atoms with van der Waals surface area (Å²) in [7, 11) is 0. The van der Waals surface area contributed by atoms with Crippen molar-refractivity contribution in [2.24, 2.45) is 5.10 Å². The summed E-state index contributed by atoms with van der Waals surface area (Å²) in [4.78, 5) is 15.3. The Morgan fingerprint density at radius 3 is 2.96 bits per heavy atom. The van der Waals surface area contributed by atoms with Crippen molar-refractivity contribution in [2.45, 2.75) is 13.5 Å². The van der Waals surface area contributed by atoms with Crippen LogP contribution in [0.4, 0.5) is 0 Å². The maximum atomic E-state index is 12.0. The molecule has 23 heavy (non-hydrogen) atoms. The van der Waals surface area contributed by atoms with Gasteiger partial charge in [-0.2, -0.15) is 5.10 Å². The van der Waals surface area contributed by atoms with Gasteiger partial charge in [0.1, 0.15) is 5.76 Å². The van der Waals surface area contributed by atoms with Gasteiger partial charge in [0.05, 0.1) is 26.0 Å². The quantitative estimate of drug-likeness (QED) is 0.673. The molecule has 0 unspecified atom stereocenters. The van der Waals surface area contributed by atoms with E-state index in [0.29, 0.717) is 6.54 Å². The zero-order valence-corrected chi connectivity index (χ0v) is 13.8. The predicted molar refractivity (Wildman–Crippen MR) is 88.9 cm³/mol. The predicted octanol–water partition coefficient (Wildman–Crippen LogP) is 2.25. The van der Waals surface area contributed by atoms with E-state index in [2.05, 4.69) is 15.4 Å². The summed E-state index contributed by atoms with van der Waals surface area (Å²) in [6, 6.07) is 5.52. The van der Waals surface area contributed by atoms with E-state index < -0.39 is 0 Å². The minimum absolute atomic E-state index is 0.272. The van der Waals surface area contributed by atoms with Crippen LogP contribution in [0.5, 0.6) is 0 Å². The monoisotopic (exact) mass is 333 g/mol. The molecule has 1 fully saturated rings. The van der Waals surface area contributed by atoms with Gasteiger partial charge in [0.25, 0.3) is 0 Å². The second kappa shape index (κ2) is 7.54. The van der Waals surface area contributed by atoms with Crippen molar-refractivity contribution in [3.63, 3.8) is 0 Å². The molecule has 3 heterocycles. The van der Waals surface area contributed by atoms with Crippen molar-refractivity contribution in [3.05, 3.63) is 45.5 Å². The van der Waals surface area contributed by atoms with Gasteiger partial charge in [-0.3, -0.25) is 9.69 Å². The molecule has 0 bridgehead atoms. The molecule has 0 radical (unpaired) electrons. The highest BCUT2D eigenvalue weighted by atomic mass is 32.1. The van der Waals surface area contributed by atoms with Crippen molar-refractivity contribution >= 4 is 23.5 Å². The fourth-order valence-corrected chi connectivity index (χ4v) is 3.07. The molecule has 3 rings (SSSR count). The Labute approximate surface area is 138 Å². The highest BCUT2D eigenvalue weighted by molar-refractivity contribution is 7.11. The molecule has 0 saturated carbocycles. The van der Waals surface area contributed by atoms with Crippen molar-refractivity contribution in [2.75, 3.05) is 26.3 Å². The molecule has 1 amide bonds. The van der Waals surface area contributed by atoms with E-state index in [4.69, 9.17) is 9.15 Å². The molecular weight excluding hydrogens is 314 g/mol. The first kappa shape index (κ1) is 15.9. The largest absolute Gasteiger partial charge is 0.454 e. The van der Waals surface area contributed by atoms with Crippen LogP contribution in [0.3, 0.4) is 0 Å². The number of ether oxygens (including phenoxy) is 1. The van der Waals surface area contributed by atoms with Gasteiger partial charge in [-0.05, 0) is 36.1 Å². The highest BCUT2D eigenvalue weighted by Gasteiger charge is 2.15. The Bertz CT molecular complexity index is 686. The minimum Gasteiger partial charge on any atom is -0.454 e. The van der Waals surface area contributed by atoms with Crippen LogP contribution in [0.1, 0.15) is 26.8 Å². The lowest BCUT2D eigenvalue weighted by Crippen LogP contribution is -2.35. The van der Waals surface area contributed by atoms with Crippen LogP contribution in [0.2, 0.25) is 0 Å². The number of nitrogens with zero attached hydrogens (tertiary/aromatic N) is 2. The van der Waals surface area contributed by atoms with Crippen LogP contribution in [0, 0.1) is 6.92 Å². The minimum atomic E-state index is -0.344. The van der Waals surface area contributed by atoms with Crippen molar-refractivity contribution in [1.82, 2.24) is 10.3 Å². The molecule has 1 saturated heterocycles. The van der Waals surface area contributed by atoms with Gasteiger partial charge in [0, 0.05) is 18.0 Å². The summed E-state index contributed by atoms with van der Waals surface area (Å²) in [5.41, 5.74) is 3.63. The number of carbonyl (C=O) groups excluding carboxylic acids is 1. The maximum absolute atomic E-state index is 12.0. The Balaban J connectivity index is 1.53. The third-order valence-corrected chi connectivity index (χ3v) is 4.57. The van der Waals surface area contributed by atoms with E-state index in [-0.39, 0.29) is 11.7 Å². The number of hydrogen-bond donors (Lipinski definition) is 1. The SMILES string of the molecule is Cc1ccsc1/C=N/NC(=O)c1ccc(CN2CCOCC2)o1. The summed E-state index contributed by atoms with van der Waals surface area (Å²) in [6.45, 7) is 5.94. The first-order valence-corrected chi connectivity index (χ1v) is 8.36. The number of rotatable bonds is 5. The van der Waals surface area contributed by atoms with Gasteiger partial charge >= 0.3 is 5.91 Å². The normalized spacial score (nSPS) is 16.0. The second-order valence-electron chi connectivity index (χ2n) is 5.32. The summed E-state index contributed by atoms with van der Waals surface area (Å²) in [6.07, 6.45) is 1.65. The third kappa shape index (κ3) is 4.28. The van der Waals surface area contributed by atoms with Crippen LogP contribution >= 0.6 is 11.3 Å². The van der Waals surface area contributed by atoms with Gasteiger partial charge in [-0.15, -0.1) is 11.3 Å². The van der Waals surface area contributed by atoms with Gasteiger partial charge in [0.15, 0.2) is 5.76 Å². The number of morpholine rings is 1. The number of aryl methyl sites for hydroxylation is 1. The molecule has 0 spiro atoms. The van der Waals surface area contributed by atoms with Crippen LogP contribution in [-0.2, 0) is 11.3 Å². The van der Waals surface area contributed by atoms with Gasteiger partial charge in [-0.25, -0.2) is 5.43 Å². The second-order valence-corrected chi connectivity index (χ2v) is 6.27. The fraction of sp³-hybridized carbons (Fsp3) is 0.375. The summed E-state index contributed by atoms with van der Waals surface area (Å²) in [5.74, 6) is 0.701. The number of hydrogen-bond acceptors (Lipinski definition) is 6. The average Bonchev–Trinajstić information content (AvgIpc) is 3.18. The number of carbonyl (C=O) groups is 1. The van der Waals surface area contributed by atoms with Crippen LogP contribution in [0.25, 0.3) is 0 Å². The summed E-state index contributed by atoms with van der Waals surface area (Å²) in [5, 5.41) is 5.96. The van der Waals surface area contributed by atoms with Crippen molar-refractivity contribution < 1.29 is 13.9 Å². The molecule has 1 aliphatic heterocycles.